The molecule has 10 heteroatoms. The Labute approximate surface area is 271 Å². The summed E-state index contributed by atoms with van der Waals surface area (Å²) in [5, 5.41) is 25.8. The number of halogens is 2. The first kappa shape index (κ1) is 38.8. The summed E-state index contributed by atoms with van der Waals surface area (Å²) in [5.41, 5.74) is 8.25. The van der Waals surface area contributed by atoms with Gasteiger partial charge < -0.3 is 30.7 Å². The number of hydrogen-bond acceptors (Lipinski definition) is 6. The smallest absolute Gasteiger partial charge is 0.328 e. The second-order valence-electron chi connectivity index (χ2n) is 10.5. The second kappa shape index (κ2) is 19.9. The fourth-order valence-electron chi connectivity index (χ4n) is 4.70. The average molecular weight is 648 g/mol. The van der Waals surface area contributed by atoms with Crippen molar-refractivity contribution in [2.45, 2.75) is 56.9 Å². The minimum absolute atomic E-state index is 0. The maximum absolute atomic E-state index is 9.55. The number of hydrogen-bond donors (Lipinski definition) is 4. The molecule has 1 saturated heterocycles. The Kier molecular flexibility index (Phi) is 17.6. The molecule has 2 unspecified atom stereocenters. The Hall–Kier alpha value is -3.24. The normalized spacial score (nSPS) is 17.1. The van der Waals surface area contributed by atoms with Gasteiger partial charge in [0.05, 0.1) is 6.10 Å². The van der Waals surface area contributed by atoms with Crippen LogP contribution in [0.1, 0.15) is 55.9 Å². The third kappa shape index (κ3) is 13.2. The SMILES string of the molecule is CN1CCCC1CCOC(C)(c1ccccc1)c1ccc(Cl)cc1.C[C@@H](N)[C@@H](O)c1ccccc1.Cl.O=C(O)/C=C/C(=O)O. The molecule has 1 heterocycles. The summed E-state index contributed by atoms with van der Waals surface area (Å²) in [5.74, 6) is -2.51. The maximum atomic E-state index is 9.55. The summed E-state index contributed by atoms with van der Waals surface area (Å²) in [6.45, 7) is 5.91. The predicted molar refractivity (Wildman–Crippen MR) is 177 cm³/mol. The molecule has 0 bridgehead atoms. The Morgan fingerprint density at radius 1 is 0.977 bits per heavy atom. The van der Waals surface area contributed by atoms with Crippen molar-refractivity contribution in [3.8, 4) is 0 Å². The molecule has 1 fully saturated rings. The minimum atomic E-state index is -1.26. The molecular formula is C34H44Cl2N2O6. The summed E-state index contributed by atoms with van der Waals surface area (Å²) in [7, 11) is 2.22. The van der Waals surface area contributed by atoms with Crippen molar-refractivity contribution in [1.29, 1.82) is 0 Å². The van der Waals surface area contributed by atoms with Crippen LogP contribution in [0.4, 0.5) is 0 Å². The number of nitrogens with two attached hydrogens (primary N) is 1. The molecule has 3 aromatic rings. The van der Waals surface area contributed by atoms with Gasteiger partial charge in [0.2, 0.25) is 0 Å². The monoisotopic (exact) mass is 646 g/mol. The number of carboxylic acid groups (broad SMARTS) is 2. The lowest BCUT2D eigenvalue weighted by atomic mass is 9.88. The number of likely N-dealkylation sites (tertiary alicyclic amines) is 1. The highest BCUT2D eigenvalue weighted by Crippen LogP contribution is 2.34. The summed E-state index contributed by atoms with van der Waals surface area (Å²) in [6, 6.07) is 28.3. The van der Waals surface area contributed by atoms with Crippen molar-refractivity contribution in [1.82, 2.24) is 4.90 Å². The summed E-state index contributed by atoms with van der Waals surface area (Å²) in [4.78, 5) is 21.6. The van der Waals surface area contributed by atoms with Crippen LogP contribution in [0.15, 0.2) is 97.1 Å². The molecule has 0 spiro atoms. The van der Waals surface area contributed by atoms with Gasteiger partial charge in [0.25, 0.3) is 0 Å². The van der Waals surface area contributed by atoms with Gasteiger partial charge in [0.1, 0.15) is 5.60 Å². The molecule has 0 aromatic heterocycles. The quantitative estimate of drug-likeness (QED) is 0.188. The zero-order chi connectivity index (χ0) is 31.8. The lowest BCUT2D eigenvalue weighted by Gasteiger charge is -2.32. The molecule has 4 atom stereocenters. The van der Waals surface area contributed by atoms with Crippen molar-refractivity contribution < 1.29 is 29.6 Å². The van der Waals surface area contributed by atoms with Crippen LogP contribution in [0.25, 0.3) is 0 Å². The van der Waals surface area contributed by atoms with Crippen LogP contribution in [0, 0.1) is 0 Å². The van der Waals surface area contributed by atoms with E-state index in [1.54, 1.807) is 6.92 Å². The van der Waals surface area contributed by atoms with Crippen molar-refractivity contribution in [3.05, 3.63) is 119 Å². The van der Waals surface area contributed by atoms with E-state index in [1.807, 2.05) is 48.5 Å². The van der Waals surface area contributed by atoms with Gasteiger partial charge in [-0.05, 0) is 75.5 Å². The van der Waals surface area contributed by atoms with Gasteiger partial charge in [-0.3, -0.25) is 0 Å². The highest BCUT2D eigenvalue weighted by Gasteiger charge is 2.30. The van der Waals surface area contributed by atoms with Gasteiger partial charge in [0, 0.05) is 35.9 Å². The number of aliphatic carboxylic acids is 2. The number of carbonyl (C=O) groups is 2. The number of nitrogens with zero attached hydrogens (tertiary/aromatic N) is 1. The van der Waals surface area contributed by atoms with Crippen molar-refractivity contribution >= 4 is 35.9 Å². The third-order valence-corrected chi connectivity index (χ3v) is 7.49. The van der Waals surface area contributed by atoms with Crippen molar-refractivity contribution in [3.63, 3.8) is 0 Å². The van der Waals surface area contributed by atoms with E-state index in [4.69, 9.17) is 32.3 Å². The second-order valence-corrected chi connectivity index (χ2v) is 11.0. The first-order chi connectivity index (χ1) is 20.4. The van der Waals surface area contributed by atoms with E-state index in [9.17, 15) is 14.7 Å². The molecule has 1 aliphatic heterocycles. The Morgan fingerprint density at radius 2 is 1.48 bits per heavy atom. The first-order valence-electron chi connectivity index (χ1n) is 14.2. The van der Waals surface area contributed by atoms with Gasteiger partial charge in [-0.1, -0.05) is 84.4 Å². The molecule has 0 saturated carbocycles. The van der Waals surface area contributed by atoms with Gasteiger partial charge in [-0.25, -0.2) is 9.59 Å². The standard InChI is InChI=1S/C21H26ClNO.C9H13NO.C4H4O4.ClH/c1-21(17-7-4-3-5-8-17,18-10-12-19(22)13-11-18)24-16-14-20-9-6-15-23(20)2;1-7(10)9(11)8-5-3-2-4-6-8;5-3(6)1-2-4(7)8;/h3-5,7-8,10-13,20H,6,9,14-16H2,1-2H3;2-7,9,11H,10H2,1H3;1-2H,(H,5,6)(H,7,8);1H/b;;2-1+;/t;7-,9-;;/m.1../s1. The molecule has 240 valence electrons. The number of aliphatic hydroxyl groups excluding tert-OH is 1. The summed E-state index contributed by atoms with van der Waals surface area (Å²) >= 11 is 6.07. The first-order valence-corrected chi connectivity index (χ1v) is 14.6. The van der Waals surface area contributed by atoms with Gasteiger partial charge >= 0.3 is 11.9 Å². The Morgan fingerprint density at radius 3 is 1.93 bits per heavy atom. The largest absolute Gasteiger partial charge is 0.478 e. The van der Waals surface area contributed by atoms with Crippen molar-refractivity contribution in [2.24, 2.45) is 5.73 Å². The number of benzene rings is 3. The van der Waals surface area contributed by atoms with Crippen LogP contribution in [-0.2, 0) is 19.9 Å². The summed E-state index contributed by atoms with van der Waals surface area (Å²) < 4.78 is 6.48. The number of ether oxygens (including phenoxy) is 1. The molecule has 8 nitrogen and oxygen atoms in total. The molecular weight excluding hydrogens is 603 g/mol. The zero-order valence-corrected chi connectivity index (χ0v) is 27.0. The molecule has 4 rings (SSSR count). The van der Waals surface area contributed by atoms with Gasteiger partial charge in [0.15, 0.2) is 0 Å². The number of aliphatic hydroxyl groups is 1. The highest BCUT2D eigenvalue weighted by molar-refractivity contribution is 6.30. The number of carboxylic acids is 2. The Balaban J connectivity index is 0.000000402. The van der Waals surface area contributed by atoms with E-state index in [0.29, 0.717) is 18.2 Å². The van der Waals surface area contributed by atoms with E-state index in [0.717, 1.165) is 29.2 Å². The lowest BCUT2D eigenvalue weighted by molar-refractivity contribution is -0.134. The maximum Gasteiger partial charge on any atom is 0.328 e. The van der Waals surface area contributed by atoms with Crippen molar-refractivity contribution in [2.75, 3.05) is 20.2 Å². The number of rotatable bonds is 10. The lowest BCUT2D eigenvalue weighted by Crippen LogP contribution is -2.31. The van der Waals surface area contributed by atoms with Gasteiger partial charge in [-0.2, -0.15) is 0 Å². The third-order valence-electron chi connectivity index (χ3n) is 7.24. The van der Waals surface area contributed by atoms with E-state index in [1.165, 1.54) is 24.9 Å². The fourth-order valence-corrected chi connectivity index (χ4v) is 4.82. The van der Waals surface area contributed by atoms with Crippen LogP contribution < -0.4 is 5.73 Å². The minimum Gasteiger partial charge on any atom is -0.478 e. The zero-order valence-electron chi connectivity index (χ0n) is 25.4. The van der Waals surface area contributed by atoms with Crippen LogP contribution in [0.3, 0.4) is 0 Å². The highest BCUT2D eigenvalue weighted by atomic mass is 35.5. The molecule has 44 heavy (non-hydrogen) atoms. The van der Waals surface area contributed by atoms with Crippen LogP contribution >= 0.6 is 24.0 Å². The van der Waals surface area contributed by atoms with E-state index in [2.05, 4.69) is 55.3 Å². The van der Waals surface area contributed by atoms with Crippen LogP contribution in [0.5, 0.6) is 0 Å². The van der Waals surface area contributed by atoms with Crippen LogP contribution in [0.2, 0.25) is 5.02 Å². The topological polar surface area (TPSA) is 133 Å². The molecule has 0 aliphatic carbocycles. The molecule has 5 N–H and O–H groups in total. The molecule has 3 aromatic carbocycles. The molecule has 0 amide bonds. The fraction of sp³-hybridized carbons (Fsp3) is 0.353. The summed E-state index contributed by atoms with van der Waals surface area (Å²) in [6.07, 6.45) is 4.23. The van der Waals surface area contributed by atoms with E-state index < -0.39 is 23.6 Å². The van der Waals surface area contributed by atoms with Gasteiger partial charge in [-0.15, -0.1) is 12.4 Å². The molecule has 1 aliphatic rings. The predicted octanol–water partition coefficient (Wildman–Crippen LogP) is 6.31. The average Bonchev–Trinajstić information content (AvgIpc) is 3.41. The van der Waals surface area contributed by atoms with E-state index >= 15 is 0 Å². The molecule has 0 radical (unpaired) electrons. The van der Waals surface area contributed by atoms with Crippen LogP contribution in [-0.4, -0.2) is 64.4 Å². The Bertz CT molecular complexity index is 1260. The van der Waals surface area contributed by atoms with E-state index in [-0.39, 0.29) is 18.4 Å².